The zero-order valence-electron chi connectivity index (χ0n) is 10.5. The first-order chi connectivity index (χ1) is 8.83. The molecule has 1 fully saturated rings. The molecule has 1 aromatic heterocycles. The maximum atomic E-state index is 9.67. The second-order valence-corrected chi connectivity index (χ2v) is 5.26. The normalized spacial score (nSPS) is 24.5. The molecule has 1 aliphatic rings. The Morgan fingerprint density at radius 2 is 2.22 bits per heavy atom. The van der Waals surface area contributed by atoms with E-state index in [2.05, 4.69) is 34.6 Å². The molecular weight excluding hydrogens is 224 g/mol. The van der Waals surface area contributed by atoms with E-state index in [0.717, 1.165) is 25.8 Å². The van der Waals surface area contributed by atoms with E-state index in [1.807, 2.05) is 6.20 Å². The van der Waals surface area contributed by atoms with Gasteiger partial charge in [-0.1, -0.05) is 18.2 Å². The van der Waals surface area contributed by atoms with E-state index in [9.17, 15) is 5.11 Å². The van der Waals surface area contributed by atoms with Crippen LogP contribution in [0.1, 0.15) is 31.2 Å². The zero-order chi connectivity index (χ0) is 12.4. The smallest absolute Gasteiger partial charge is 0.0555 e. The lowest BCUT2D eigenvalue weighted by Gasteiger charge is -2.26. The number of benzene rings is 1. The SMILES string of the molecule is OC1CCCC(NCc2cccc3cc[nH]c23)C1. The van der Waals surface area contributed by atoms with E-state index in [0.29, 0.717) is 6.04 Å². The van der Waals surface area contributed by atoms with Gasteiger partial charge >= 0.3 is 0 Å². The molecule has 1 aliphatic carbocycles. The fourth-order valence-electron chi connectivity index (χ4n) is 2.90. The minimum atomic E-state index is -0.113. The minimum absolute atomic E-state index is 0.113. The molecule has 0 aliphatic heterocycles. The van der Waals surface area contributed by atoms with Crippen molar-refractivity contribution >= 4 is 10.9 Å². The van der Waals surface area contributed by atoms with Crippen LogP contribution in [0.25, 0.3) is 10.9 Å². The predicted octanol–water partition coefficient (Wildman–Crippen LogP) is 2.56. The number of hydrogen-bond donors (Lipinski definition) is 3. The van der Waals surface area contributed by atoms with E-state index in [1.165, 1.54) is 22.9 Å². The predicted molar refractivity (Wildman–Crippen MR) is 73.4 cm³/mol. The number of H-pyrrole nitrogens is 1. The Labute approximate surface area is 107 Å². The highest BCUT2D eigenvalue weighted by Gasteiger charge is 2.19. The highest BCUT2D eigenvalue weighted by atomic mass is 16.3. The molecule has 2 aromatic rings. The quantitative estimate of drug-likeness (QED) is 0.777. The summed E-state index contributed by atoms with van der Waals surface area (Å²) in [6.45, 7) is 0.870. The summed E-state index contributed by atoms with van der Waals surface area (Å²) in [5.74, 6) is 0. The lowest BCUT2D eigenvalue weighted by atomic mass is 9.93. The van der Waals surface area contributed by atoms with Gasteiger partial charge in [0.1, 0.15) is 0 Å². The number of aliphatic hydroxyl groups excluding tert-OH is 1. The first kappa shape index (κ1) is 11.8. The van der Waals surface area contributed by atoms with E-state index < -0.39 is 0 Å². The van der Waals surface area contributed by atoms with Crippen LogP contribution in [0.4, 0.5) is 0 Å². The largest absolute Gasteiger partial charge is 0.393 e. The summed E-state index contributed by atoms with van der Waals surface area (Å²) in [5.41, 5.74) is 2.53. The van der Waals surface area contributed by atoms with Crippen molar-refractivity contribution in [2.45, 2.75) is 44.4 Å². The van der Waals surface area contributed by atoms with Gasteiger partial charge in [-0.05, 0) is 42.7 Å². The molecule has 18 heavy (non-hydrogen) atoms. The van der Waals surface area contributed by atoms with Crippen LogP contribution in [0, 0.1) is 0 Å². The topological polar surface area (TPSA) is 48.0 Å². The van der Waals surface area contributed by atoms with Crippen LogP contribution in [-0.2, 0) is 6.54 Å². The molecule has 1 saturated carbocycles. The van der Waals surface area contributed by atoms with Crippen molar-refractivity contribution in [2.24, 2.45) is 0 Å². The molecule has 3 N–H and O–H groups in total. The van der Waals surface area contributed by atoms with E-state index in [1.54, 1.807) is 0 Å². The van der Waals surface area contributed by atoms with Gasteiger partial charge < -0.3 is 15.4 Å². The standard InChI is InChI=1S/C15H20N2O/c18-14-6-2-5-13(9-14)17-10-12-4-1-3-11-7-8-16-15(11)12/h1,3-4,7-8,13-14,16-18H,2,5-6,9-10H2. The fraction of sp³-hybridized carbons (Fsp3) is 0.467. The molecule has 2 atom stereocenters. The third kappa shape index (κ3) is 2.42. The van der Waals surface area contributed by atoms with Crippen molar-refractivity contribution in [2.75, 3.05) is 0 Å². The van der Waals surface area contributed by atoms with E-state index in [-0.39, 0.29) is 6.10 Å². The first-order valence-electron chi connectivity index (χ1n) is 6.79. The van der Waals surface area contributed by atoms with Gasteiger partial charge in [0.05, 0.1) is 6.10 Å². The molecule has 2 unspecified atom stereocenters. The number of rotatable bonds is 3. The fourth-order valence-corrected chi connectivity index (χ4v) is 2.90. The van der Waals surface area contributed by atoms with Crippen molar-refractivity contribution in [3.8, 4) is 0 Å². The van der Waals surface area contributed by atoms with Gasteiger partial charge in [0.25, 0.3) is 0 Å². The molecule has 0 radical (unpaired) electrons. The number of aliphatic hydroxyl groups is 1. The van der Waals surface area contributed by atoms with Gasteiger partial charge in [0.2, 0.25) is 0 Å². The maximum Gasteiger partial charge on any atom is 0.0555 e. The molecule has 0 amide bonds. The Balaban J connectivity index is 1.67. The van der Waals surface area contributed by atoms with Gasteiger partial charge in [-0.25, -0.2) is 0 Å². The van der Waals surface area contributed by atoms with Gasteiger partial charge in [0.15, 0.2) is 0 Å². The molecule has 1 aromatic carbocycles. The lowest BCUT2D eigenvalue weighted by molar-refractivity contribution is 0.111. The number of aromatic nitrogens is 1. The van der Waals surface area contributed by atoms with Crippen molar-refractivity contribution < 1.29 is 5.11 Å². The molecule has 0 saturated heterocycles. The summed E-state index contributed by atoms with van der Waals surface area (Å²) in [5, 5.41) is 14.5. The van der Waals surface area contributed by atoms with Crippen molar-refractivity contribution in [1.82, 2.24) is 10.3 Å². The van der Waals surface area contributed by atoms with Crippen LogP contribution in [0.5, 0.6) is 0 Å². The summed E-state index contributed by atoms with van der Waals surface area (Å²) >= 11 is 0. The van der Waals surface area contributed by atoms with Crippen LogP contribution in [0.3, 0.4) is 0 Å². The molecule has 0 bridgehead atoms. The average Bonchev–Trinajstić information content (AvgIpc) is 2.85. The zero-order valence-corrected chi connectivity index (χ0v) is 10.5. The highest BCUT2D eigenvalue weighted by molar-refractivity contribution is 5.82. The van der Waals surface area contributed by atoms with Gasteiger partial charge in [-0.3, -0.25) is 0 Å². The van der Waals surface area contributed by atoms with Crippen molar-refractivity contribution in [1.29, 1.82) is 0 Å². The summed E-state index contributed by atoms with van der Waals surface area (Å²) in [6, 6.07) is 8.94. The highest BCUT2D eigenvalue weighted by Crippen LogP contribution is 2.20. The van der Waals surface area contributed by atoms with Crippen LogP contribution in [0.15, 0.2) is 30.5 Å². The van der Waals surface area contributed by atoms with Crippen LogP contribution < -0.4 is 5.32 Å². The van der Waals surface area contributed by atoms with Crippen molar-refractivity contribution in [3.63, 3.8) is 0 Å². The number of nitrogens with one attached hydrogen (secondary N) is 2. The molecule has 3 nitrogen and oxygen atoms in total. The third-order valence-electron chi connectivity index (χ3n) is 3.90. The Hall–Kier alpha value is -1.32. The second kappa shape index (κ2) is 5.12. The summed E-state index contributed by atoms with van der Waals surface area (Å²) in [6.07, 6.45) is 6.03. The van der Waals surface area contributed by atoms with Gasteiger partial charge in [-0.2, -0.15) is 0 Å². The maximum absolute atomic E-state index is 9.67. The molecule has 3 rings (SSSR count). The Kier molecular flexibility index (Phi) is 3.35. The first-order valence-corrected chi connectivity index (χ1v) is 6.79. The number of para-hydroxylation sites is 1. The summed E-state index contributed by atoms with van der Waals surface area (Å²) in [4.78, 5) is 3.30. The summed E-state index contributed by atoms with van der Waals surface area (Å²) in [7, 11) is 0. The van der Waals surface area contributed by atoms with E-state index in [4.69, 9.17) is 0 Å². The number of hydrogen-bond acceptors (Lipinski definition) is 2. The minimum Gasteiger partial charge on any atom is -0.393 e. The molecule has 96 valence electrons. The summed E-state index contributed by atoms with van der Waals surface area (Å²) < 4.78 is 0. The second-order valence-electron chi connectivity index (χ2n) is 5.26. The van der Waals surface area contributed by atoms with Crippen LogP contribution >= 0.6 is 0 Å². The number of aromatic amines is 1. The molecule has 3 heteroatoms. The molecule has 1 heterocycles. The van der Waals surface area contributed by atoms with Gasteiger partial charge in [-0.15, -0.1) is 0 Å². The third-order valence-corrected chi connectivity index (χ3v) is 3.90. The molecular formula is C15H20N2O. The average molecular weight is 244 g/mol. The molecule has 0 spiro atoms. The van der Waals surface area contributed by atoms with E-state index >= 15 is 0 Å². The Morgan fingerprint density at radius 1 is 1.28 bits per heavy atom. The number of fused-ring (bicyclic) bond motifs is 1. The van der Waals surface area contributed by atoms with Crippen LogP contribution in [0.2, 0.25) is 0 Å². The van der Waals surface area contributed by atoms with Crippen molar-refractivity contribution in [3.05, 3.63) is 36.0 Å². The lowest BCUT2D eigenvalue weighted by Crippen LogP contribution is -2.35. The van der Waals surface area contributed by atoms with Crippen LogP contribution in [-0.4, -0.2) is 22.2 Å². The Morgan fingerprint density at radius 3 is 3.11 bits per heavy atom. The monoisotopic (exact) mass is 244 g/mol. The van der Waals surface area contributed by atoms with Gasteiger partial charge in [0, 0.05) is 24.3 Å². The Bertz CT molecular complexity index is 520.